The normalized spacial score (nSPS) is 15.9. The van der Waals surface area contributed by atoms with Crippen LogP contribution in [0.25, 0.3) is 22.0 Å². The summed E-state index contributed by atoms with van der Waals surface area (Å²) >= 11 is 0. The third-order valence-electron chi connectivity index (χ3n) is 6.84. The lowest BCUT2D eigenvalue weighted by atomic mass is 10.1. The molecule has 1 saturated heterocycles. The molecule has 1 aliphatic heterocycles. The highest BCUT2D eigenvalue weighted by atomic mass is 19.1. The first-order chi connectivity index (χ1) is 18.8. The van der Waals surface area contributed by atoms with E-state index < -0.39 is 5.82 Å². The highest BCUT2D eigenvalue weighted by Gasteiger charge is 2.27. The van der Waals surface area contributed by atoms with Crippen molar-refractivity contribution in [1.82, 2.24) is 24.6 Å². The van der Waals surface area contributed by atoms with Gasteiger partial charge in [0.25, 0.3) is 5.56 Å². The first kappa shape index (κ1) is 26.2. The van der Waals surface area contributed by atoms with Gasteiger partial charge in [-0.25, -0.2) is 9.49 Å². The van der Waals surface area contributed by atoms with Gasteiger partial charge < -0.3 is 24.8 Å². The summed E-state index contributed by atoms with van der Waals surface area (Å²) in [5.74, 6) is 0.324. The Balaban J connectivity index is 1.46. The number of hydrogen-bond donors (Lipinski definition) is 2. The fraction of sp³-hybridized carbons (Fsp3) is 0.276. The van der Waals surface area contributed by atoms with Crippen LogP contribution in [-0.2, 0) is 4.79 Å². The quantitative estimate of drug-likeness (QED) is 0.347. The Morgan fingerprint density at radius 3 is 2.74 bits per heavy atom. The highest BCUT2D eigenvalue weighted by molar-refractivity contribution is 6.02. The molecule has 1 fully saturated rings. The van der Waals surface area contributed by atoms with E-state index in [1.54, 1.807) is 36.4 Å². The van der Waals surface area contributed by atoms with E-state index in [1.807, 2.05) is 52.9 Å². The van der Waals surface area contributed by atoms with E-state index in [2.05, 4.69) is 10.2 Å². The van der Waals surface area contributed by atoms with Gasteiger partial charge in [0, 0.05) is 37.5 Å². The predicted octanol–water partition coefficient (Wildman–Crippen LogP) is 4.19. The molecule has 9 nitrogen and oxygen atoms in total. The summed E-state index contributed by atoms with van der Waals surface area (Å²) in [5, 5.41) is 7.06. The van der Waals surface area contributed by atoms with Gasteiger partial charge in [0.2, 0.25) is 5.91 Å². The average molecular weight is 531 g/mol. The van der Waals surface area contributed by atoms with Gasteiger partial charge in [-0.1, -0.05) is 30.3 Å². The molecule has 0 unspecified atom stereocenters. The number of aromatic nitrogens is 3. The fourth-order valence-corrected chi connectivity index (χ4v) is 4.95. The molecule has 0 radical (unpaired) electrons. The number of fused-ring (bicyclic) bond motifs is 1. The summed E-state index contributed by atoms with van der Waals surface area (Å²) in [7, 11) is 3.89. The number of piperidine rings is 1. The zero-order valence-electron chi connectivity index (χ0n) is 21.9. The first-order valence-electron chi connectivity index (χ1n) is 12.8. The number of rotatable bonds is 7. The molecule has 39 heavy (non-hydrogen) atoms. The van der Waals surface area contributed by atoms with Crippen LogP contribution < -0.4 is 16.0 Å². The maximum absolute atomic E-state index is 14.0. The molecule has 202 valence electrons. The Morgan fingerprint density at radius 1 is 1.23 bits per heavy atom. The molecule has 0 aliphatic carbocycles. The third kappa shape index (κ3) is 5.56. The van der Waals surface area contributed by atoms with E-state index in [0.717, 1.165) is 24.0 Å². The number of nitrogens with one attached hydrogen (secondary N) is 1. The predicted molar refractivity (Wildman–Crippen MR) is 149 cm³/mol. The zero-order valence-corrected chi connectivity index (χ0v) is 21.9. The van der Waals surface area contributed by atoms with Gasteiger partial charge in [-0.15, -0.1) is 0 Å². The molecule has 5 rings (SSSR count). The molecule has 4 aromatic rings. The molecule has 10 heteroatoms. The van der Waals surface area contributed by atoms with Crippen molar-refractivity contribution in [3.05, 3.63) is 83.1 Å². The van der Waals surface area contributed by atoms with Gasteiger partial charge in [0.05, 0.1) is 11.4 Å². The van der Waals surface area contributed by atoms with E-state index in [1.165, 1.54) is 6.07 Å². The lowest BCUT2D eigenvalue weighted by Gasteiger charge is -2.33. The van der Waals surface area contributed by atoms with Crippen molar-refractivity contribution in [3.8, 4) is 22.6 Å². The molecular weight excluding hydrogens is 499 g/mol. The maximum Gasteiger partial charge on any atom is 0.288 e. The van der Waals surface area contributed by atoms with Gasteiger partial charge in [-0.3, -0.25) is 9.59 Å². The minimum Gasteiger partial charge on any atom is -0.454 e. The first-order valence-corrected chi connectivity index (χ1v) is 12.8. The van der Waals surface area contributed by atoms with Gasteiger partial charge in [-0.2, -0.15) is 5.10 Å². The van der Waals surface area contributed by atoms with Crippen molar-refractivity contribution in [3.63, 3.8) is 0 Å². The number of nitrogens with two attached hydrogens (primary N) is 1. The molecule has 0 spiro atoms. The van der Waals surface area contributed by atoms with Gasteiger partial charge in [0.1, 0.15) is 11.3 Å². The standard InChI is InChI=1S/C29H31FN6O3/c1-34(2)15-6-10-25(37)35-16-5-7-20(17-35)36-18-22(26-27(36)29(38)33-32-28(26)31)19-11-13-21(14-12-19)39-24-9-4-3-8-23(24)30/h3-4,6,8-14,18,20H,5,7,15-17H2,1-2H3,(H2,31,32)(H,33,38)/t20-/m1/s1. The number of nitrogen functional groups attached to an aromatic ring is 1. The number of benzene rings is 2. The van der Waals surface area contributed by atoms with Crippen molar-refractivity contribution in [1.29, 1.82) is 0 Å². The molecule has 2 aromatic heterocycles. The Bertz CT molecular complexity index is 1570. The van der Waals surface area contributed by atoms with E-state index >= 15 is 0 Å². The maximum atomic E-state index is 14.0. The fourth-order valence-electron chi connectivity index (χ4n) is 4.95. The van der Waals surface area contributed by atoms with Gasteiger partial charge in [-0.05, 0) is 56.8 Å². The summed E-state index contributed by atoms with van der Waals surface area (Å²) in [6.07, 6.45) is 7.00. The number of amides is 1. The molecular formula is C29H31FN6O3. The number of H-pyrrole nitrogens is 1. The van der Waals surface area contributed by atoms with E-state index in [9.17, 15) is 14.0 Å². The van der Waals surface area contributed by atoms with Crippen molar-refractivity contribution in [2.24, 2.45) is 0 Å². The van der Waals surface area contributed by atoms with Crippen LogP contribution in [0, 0.1) is 5.82 Å². The molecule has 1 atom stereocenters. The van der Waals surface area contributed by atoms with Crippen molar-refractivity contribution in [2.45, 2.75) is 18.9 Å². The van der Waals surface area contributed by atoms with Crippen molar-refractivity contribution < 1.29 is 13.9 Å². The van der Waals surface area contributed by atoms with Crippen LogP contribution in [0.3, 0.4) is 0 Å². The molecule has 2 aromatic carbocycles. The van der Waals surface area contributed by atoms with Crippen molar-refractivity contribution in [2.75, 3.05) is 39.5 Å². The lowest BCUT2D eigenvalue weighted by Crippen LogP contribution is -2.40. The third-order valence-corrected chi connectivity index (χ3v) is 6.84. The topological polar surface area (TPSA) is 109 Å². The number of carbonyl (C=O) groups excluding carboxylic acids is 1. The number of halogens is 1. The van der Waals surface area contributed by atoms with E-state index in [4.69, 9.17) is 10.5 Å². The average Bonchev–Trinajstić information content (AvgIpc) is 3.34. The number of aromatic amines is 1. The molecule has 0 bridgehead atoms. The molecule has 3 N–H and O–H groups in total. The van der Waals surface area contributed by atoms with E-state index in [-0.39, 0.29) is 29.1 Å². The summed E-state index contributed by atoms with van der Waals surface area (Å²) in [4.78, 5) is 29.6. The van der Waals surface area contributed by atoms with Crippen LogP contribution in [0.5, 0.6) is 11.5 Å². The number of nitrogens with zero attached hydrogens (tertiary/aromatic N) is 4. The molecule has 3 heterocycles. The minimum absolute atomic E-state index is 0.0428. The second kappa shape index (κ2) is 11.1. The number of para-hydroxylation sites is 1. The van der Waals surface area contributed by atoms with Gasteiger partial charge in [0.15, 0.2) is 17.4 Å². The number of likely N-dealkylation sites (N-methyl/N-ethyl adjacent to an activating group) is 1. The van der Waals surface area contributed by atoms with Crippen LogP contribution in [0.15, 0.2) is 71.7 Å². The monoisotopic (exact) mass is 530 g/mol. The highest BCUT2D eigenvalue weighted by Crippen LogP contribution is 2.36. The number of ether oxygens (including phenoxy) is 1. The number of hydrogen-bond acceptors (Lipinski definition) is 6. The van der Waals surface area contributed by atoms with Crippen LogP contribution in [0.2, 0.25) is 0 Å². The smallest absolute Gasteiger partial charge is 0.288 e. The molecule has 0 saturated carbocycles. The number of carbonyl (C=O) groups is 1. The summed E-state index contributed by atoms with van der Waals surface area (Å²) < 4.78 is 21.6. The second-order valence-corrected chi connectivity index (χ2v) is 9.91. The zero-order chi connectivity index (χ0) is 27.5. The van der Waals surface area contributed by atoms with Crippen LogP contribution in [-0.4, -0.2) is 64.2 Å². The summed E-state index contributed by atoms with van der Waals surface area (Å²) in [5.41, 5.74) is 7.89. The number of likely N-dealkylation sites (tertiary alicyclic amines) is 1. The molecule has 1 amide bonds. The van der Waals surface area contributed by atoms with Crippen molar-refractivity contribution >= 4 is 22.6 Å². The lowest BCUT2D eigenvalue weighted by molar-refractivity contribution is -0.127. The summed E-state index contributed by atoms with van der Waals surface area (Å²) in [6.45, 7) is 1.82. The second-order valence-electron chi connectivity index (χ2n) is 9.91. The van der Waals surface area contributed by atoms with E-state index in [0.29, 0.717) is 36.3 Å². The Labute approximate surface area is 225 Å². The molecule has 1 aliphatic rings. The Kier molecular flexibility index (Phi) is 7.47. The Morgan fingerprint density at radius 2 is 2.00 bits per heavy atom. The van der Waals surface area contributed by atoms with Gasteiger partial charge >= 0.3 is 0 Å². The van der Waals surface area contributed by atoms with Crippen LogP contribution in [0.1, 0.15) is 18.9 Å². The Hall–Kier alpha value is -4.44. The summed E-state index contributed by atoms with van der Waals surface area (Å²) in [6, 6.07) is 13.3. The SMILES string of the molecule is CN(C)CC=CC(=O)N1CCC[C@@H](n2cc(-c3ccc(Oc4ccccc4F)cc3)c3c(N)n[nH]c(=O)c32)C1. The minimum atomic E-state index is -0.448. The van der Waals surface area contributed by atoms with Crippen LogP contribution >= 0.6 is 0 Å². The van der Waals surface area contributed by atoms with Crippen LogP contribution in [0.4, 0.5) is 10.2 Å². The largest absolute Gasteiger partial charge is 0.454 e. The number of anilines is 1.